The Morgan fingerprint density at radius 1 is 0.408 bits per heavy atom. The number of benzene rings is 5. The number of carboxylic acids is 2. The van der Waals surface area contributed by atoms with Gasteiger partial charge in [-0.05, 0) is 80.6 Å². The molecule has 6 heteroatoms. The van der Waals surface area contributed by atoms with E-state index < -0.39 is 11.9 Å². The highest BCUT2D eigenvalue weighted by atomic mass is 16.4. The van der Waals surface area contributed by atoms with Crippen LogP contribution in [0.5, 0.6) is 0 Å². The third kappa shape index (κ3) is 10.5. The highest BCUT2D eigenvalue weighted by molar-refractivity contribution is 6.06. The minimum Gasteiger partial charge on any atom is -0.478 e. The van der Waals surface area contributed by atoms with E-state index in [1.807, 2.05) is 91.0 Å². The van der Waals surface area contributed by atoms with Crippen LogP contribution in [-0.2, 0) is 0 Å². The summed E-state index contributed by atoms with van der Waals surface area (Å²) >= 11 is 0. The average Bonchev–Trinajstić information content (AvgIpc) is 3.10. The molecule has 5 aromatic rings. The summed E-state index contributed by atoms with van der Waals surface area (Å²) in [7, 11) is 0. The Morgan fingerprint density at radius 3 is 1.14 bits per heavy atom. The third-order valence-corrected chi connectivity index (χ3v) is 6.75. The zero-order chi connectivity index (χ0) is 34.5. The van der Waals surface area contributed by atoms with E-state index >= 15 is 0 Å². The van der Waals surface area contributed by atoms with Crippen molar-refractivity contribution >= 4 is 23.5 Å². The number of aromatic carboxylic acids is 2. The van der Waals surface area contributed by atoms with Gasteiger partial charge in [-0.1, -0.05) is 97.5 Å². The monoisotopic (exact) mass is 644 g/mol. The van der Waals surface area contributed by atoms with Crippen LogP contribution in [0.2, 0.25) is 0 Å². The van der Waals surface area contributed by atoms with Gasteiger partial charge in [0.25, 0.3) is 0 Å². The first-order valence-electron chi connectivity index (χ1n) is 14.6. The van der Waals surface area contributed by atoms with Crippen LogP contribution in [0, 0.1) is 35.5 Å². The first-order chi connectivity index (χ1) is 23.1. The summed E-state index contributed by atoms with van der Waals surface area (Å²) in [6.07, 6.45) is 0. The maximum absolute atomic E-state index is 11.9. The number of Topliss-reactive ketones (excluding diaryl/α,β-unsaturated/α-hetero) is 2. The van der Waals surface area contributed by atoms with Crippen molar-refractivity contribution < 1.29 is 29.4 Å². The van der Waals surface area contributed by atoms with Crippen molar-refractivity contribution in [2.24, 2.45) is 0 Å². The molecule has 2 N–H and O–H groups in total. The molecule has 0 saturated heterocycles. The highest BCUT2D eigenvalue weighted by Gasteiger charge is 2.17. The summed E-state index contributed by atoms with van der Waals surface area (Å²) in [6.45, 7) is 2.68. The Kier molecular flexibility index (Phi) is 13.2. The van der Waals surface area contributed by atoms with Crippen LogP contribution in [0.25, 0.3) is 0 Å². The van der Waals surface area contributed by atoms with Crippen LogP contribution in [0.1, 0.15) is 96.1 Å². The second-order valence-electron chi connectivity index (χ2n) is 10.3. The normalized spacial score (nSPS) is 9.27. The van der Waals surface area contributed by atoms with Gasteiger partial charge in [0.05, 0.1) is 11.1 Å². The van der Waals surface area contributed by atoms with Crippen LogP contribution in [0.3, 0.4) is 0 Å². The van der Waals surface area contributed by atoms with Crippen molar-refractivity contribution in [3.63, 3.8) is 0 Å². The second-order valence-corrected chi connectivity index (χ2v) is 10.3. The summed E-state index contributed by atoms with van der Waals surface area (Å²) in [5.74, 6) is 15.0. The Morgan fingerprint density at radius 2 is 0.755 bits per heavy atom. The minimum atomic E-state index is -1.17. The van der Waals surface area contributed by atoms with E-state index in [1.165, 1.54) is 38.1 Å². The maximum Gasteiger partial charge on any atom is 0.336 e. The van der Waals surface area contributed by atoms with Crippen molar-refractivity contribution in [1.82, 2.24) is 0 Å². The fraction of sp³-hybridized carbons (Fsp3) is 0.0698. The Labute approximate surface area is 286 Å². The first kappa shape index (κ1) is 36.5. The topological polar surface area (TPSA) is 109 Å². The Hall–Kier alpha value is -6.94. The number of hydrogen-bond donors (Lipinski definition) is 2. The lowest BCUT2D eigenvalue weighted by atomic mass is 9.96. The van der Waals surface area contributed by atoms with Gasteiger partial charge in [0.2, 0.25) is 0 Å². The summed E-state index contributed by atoms with van der Waals surface area (Å²) in [5, 5.41) is 18.6. The third-order valence-electron chi connectivity index (χ3n) is 6.75. The molecule has 0 aliphatic rings. The van der Waals surface area contributed by atoms with E-state index in [0.717, 1.165) is 16.7 Å². The highest BCUT2D eigenvalue weighted by Crippen LogP contribution is 2.18. The zero-order valence-corrected chi connectivity index (χ0v) is 26.1. The lowest BCUT2D eigenvalue weighted by molar-refractivity contribution is 0.0683. The van der Waals surface area contributed by atoms with Gasteiger partial charge < -0.3 is 10.2 Å². The Balaban J connectivity index is 0.000000274. The molecular formula is C43H32O6. The molecule has 0 spiro atoms. The molecule has 0 amide bonds. The van der Waals surface area contributed by atoms with Gasteiger partial charge in [0, 0.05) is 44.5 Å². The van der Waals surface area contributed by atoms with Gasteiger partial charge in [-0.15, -0.1) is 0 Å². The lowest BCUT2D eigenvalue weighted by Gasteiger charge is -2.06. The zero-order valence-electron chi connectivity index (χ0n) is 26.1. The molecule has 0 atom stereocenters. The average molecular weight is 645 g/mol. The molecule has 6 nitrogen and oxygen atoms in total. The smallest absolute Gasteiger partial charge is 0.336 e. The molecule has 0 unspecified atom stereocenters. The van der Waals surface area contributed by atoms with Crippen molar-refractivity contribution in [2.75, 3.05) is 0 Å². The van der Waals surface area contributed by atoms with Crippen molar-refractivity contribution in [3.05, 3.63) is 177 Å². The Bertz CT molecular complexity index is 2090. The van der Waals surface area contributed by atoms with Crippen LogP contribution in [0.4, 0.5) is 0 Å². The molecule has 0 saturated carbocycles. The molecule has 0 fully saturated rings. The fourth-order valence-corrected chi connectivity index (χ4v) is 4.37. The van der Waals surface area contributed by atoms with E-state index in [4.69, 9.17) is 5.11 Å². The standard InChI is InChI=1S/C25H16O3.C17H12O3.CH4/c1-18(26)23-16-21(14-12-19-8-4-2-5-9-19)22(17-24(23)25(27)28)15-13-20-10-6-3-7-11-20;1-12(18)15-10-9-14(11-16(15)17(19)20)8-7-13-5-3-2-4-6-13;/h2-11,16-17H,1H3,(H,27,28);2-6,9-11H,1H3,(H,19,20);1H4. The molecule has 5 aromatic carbocycles. The molecule has 0 aliphatic carbocycles. The van der Waals surface area contributed by atoms with Crippen LogP contribution < -0.4 is 0 Å². The first-order valence-corrected chi connectivity index (χ1v) is 14.6. The van der Waals surface area contributed by atoms with Crippen LogP contribution in [-0.4, -0.2) is 33.7 Å². The van der Waals surface area contributed by atoms with E-state index in [9.17, 15) is 24.3 Å². The molecule has 0 bridgehead atoms. The van der Waals surface area contributed by atoms with Crippen LogP contribution >= 0.6 is 0 Å². The van der Waals surface area contributed by atoms with E-state index in [2.05, 4.69) is 35.5 Å². The molecule has 0 radical (unpaired) electrons. The number of carbonyl (C=O) groups is 4. The van der Waals surface area contributed by atoms with Gasteiger partial charge in [-0.3, -0.25) is 9.59 Å². The molecule has 5 rings (SSSR count). The lowest BCUT2D eigenvalue weighted by Crippen LogP contribution is -2.08. The van der Waals surface area contributed by atoms with Crippen molar-refractivity contribution in [2.45, 2.75) is 21.3 Å². The minimum absolute atomic E-state index is 0. The summed E-state index contributed by atoms with van der Waals surface area (Å²) in [5.41, 5.74) is 4.24. The van der Waals surface area contributed by atoms with E-state index in [1.54, 1.807) is 6.07 Å². The molecule has 0 aromatic heterocycles. The fourth-order valence-electron chi connectivity index (χ4n) is 4.37. The number of rotatable bonds is 4. The molecule has 0 aliphatic heterocycles. The number of carbonyl (C=O) groups excluding carboxylic acids is 2. The summed E-state index contributed by atoms with van der Waals surface area (Å²) < 4.78 is 0. The summed E-state index contributed by atoms with van der Waals surface area (Å²) in [6, 6.07) is 35.7. The SMILES string of the molecule is C.CC(=O)c1cc(C#Cc2ccccc2)c(C#Cc2ccccc2)cc1C(=O)O.CC(=O)c1ccc(C#Cc2ccccc2)cc1C(=O)O. The van der Waals surface area contributed by atoms with Crippen molar-refractivity contribution in [1.29, 1.82) is 0 Å². The predicted molar refractivity (Wildman–Crippen MR) is 191 cm³/mol. The molecular weight excluding hydrogens is 612 g/mol. The van der Waals surface area contributed by atoms with Gasteiger partial charge in [-0.25, -0.2) is 9.59 Å². The van der Waals surface area contributed by atoms with Gasteiger partial charge in [-0.2, -0.15) is 0 Å². The number of ketones is 2. The quantitative estimate of drug-likeness (QED) is 0.152. The predicted octanol–water partition coefficient (Wildman–Crippen LogP) is 8.01. The van der Waals surface area contributed by atoms with Crippen molar-refractivity contribution in [3.8, 4) is 35.5 Å². The summed E-state index contributed by atoms with van der Waals surface area (Å²) in [4.78, 5) is 46.1. The molecule has 240 valence electrons. The largest absolute Gasteiger partial charge is 0.478 e. The number of hydrogen-bond acceptors (Lipinski definition) is 4. The van der Waals surface area contributed by atoms with E-state index in [0.29, 0.717) is 16.7 Å². The van der Waals surface area contributed by atoms with Gasteiger partial charge in [0.15, 0.2) is 11.6 Å². The molecule has 49 heavy (non-hydrogen) atoms. The number of carboxylic acid groups (broad SMARTS) is 2. The maximum atomic E-state index is 11.9. The van der Waals surface area contributed by atoms with E-state index in [-0.39, 0.29) is 41.2 Å². The van der Waals surface area contributed by atoms with Gasteiger partial charge >= 0.3 is 11.9 Å². The molecule has 0 heterocycles. The van der Waals surface area contributed by atoms with Gasteiger partial charge in [0.1, 0.15) is 0 Å². The second kappa shape index (κ2) is 17.7. The van der Waals surface area contributed by atoms with Crippen LogP contribution in [0.15, 0.2) is 121 Å².